The first-order valence-electron chi connectivity index (χ1n) is 6.54. The van der Waals surface area contributed by atoms with E-state index in [1.54, 1.807) is 0 Å². The molecule has 1 saturated heterocycles. The summed E-state index contributed by atoms with van der Waals surface area (Å²) in [5.74, 6) is 3.64. The van der Waals surface area contributed by atoms with Crippen LogP contribution in [0.15, 0.2) is 6.07 Å². The number of anilines is 1. The molecular formula is C13H18ClN3. The van der Waals surface area contributed by atoms with E-state index in [1.807, 2.05) is 6.07 Å². The highest BCUT2D eigenvalue weighted by Gasteiger charge is 2.36. The van der Waals surface area contributed by atoms with Gasteiger partial charge in [-0.25, -0.2) is 9.97 Å². The molecule has 2 atom stereocenters. The molecule has 1 aliphatic carbocycles. The molecule has 1 aliphatic heterocycles. The molecule has 92 valence electrons. The van der Waals surface area contributed by atoms with Crippen molar-refractivity contribution in [2.45, 2.75) is 32.6 Å². The van der Waals surface area contributed by atoms with Gasteiger partial charge in [-0.2, -0.15) is 0 Å². The monoisotopic (exact) mass is 251 g/mol. The molecule has 3 rings (SSSR count). The van der Waals surface area contributed by atoms with Gasteiger partial charge in [0.05, 0.1) is 0 Å². The lowest BCUT2D eigenvalue weighted by atomic mass is 10.0. The first-order chi connectivity index (χ1) is 8.26. The van der Waals surface area contributed by atoms with Crippen molar-refractivity contribution in [1.82, 2.24) is 9.97 Å². The Morgan fingerprint density at radius 2 is 2.00 bits per heavy atom. The molecule has 1 saturated carbocycles. The van der Waals surface area contributed by atoms with Gasteiger partial charge >= 0.3 is 0 Å². The summed E-state index contributed by atoms with van der Waals surface area (Å²) in [6.07, 6.45) is 5.03. The number of fused-ring (bicyclic) bond motifs is 1. The van der Waals surface area contributed by atoms with Crippen LogP contribution < -0.4 is 4.90 Å². The first kappa shape index (κ1) is 11.3. The third kappa shape index (κ3) is 2.13. The number of rotatable bonds is 2. The Labute approximate surface area is 107 Å². The van der Waals surface area contributed by atoms with Gasteiger partial charge in [-0.05, 0) is 24.7 Å². The summed E-state index contributed by atoms with van der Waals surface area (Å²) < 4.78 is 0. The molecule has 2 heterocycles. The van der Waals surface area contributed by atoms with E-state index in [1.165, 1.54) is 19.3 Å². The summed E-state index contributed by atoms with van der Waals surface area (Å²) in [6, 6.07) is 1.90. The van der Waals surface area contributed by atoms with Crippen LogP contribution in [0.1, 0.15) is 32.0 Å². The van der Waals surface area contributed by atoms with E-state index in [0.29, 0.717) is 5.15 Å². The van der Waals surface area contributed by atoms with Gasteiger partial charge in [0.2, 0.25) is 0 Å². The second-order valence-electron chi connectivity index (χ2n) is 5.17. The third-order valence-electron chi connectivity index (χ3n) is 4.09. The molecule has 2 unspecified atom stereocenters. The Kier molecular flexibility index (Phi) is 2.95. The molecule has 0 radical (unpaired) electrons. The van der Waals surface area contributed by atoms with Crippen LogP contribution in [-0.4, -0.2) is 23.1 Å². The minimum absolute atomic E-state index is 0.573. The topological polar surface area (TPSA) is 29.0 Å². The number of nitrogens with zero attached hydrogens (tertiary/aromatic N) is 3. The number of hydrogen-bond donors (Lipinski definition) is 0. The summed E-state index contributed by atoms with van der Waals surface area (Å²) in [5.41, 5.74) is 0. The second-order valence-corrected chi connectivity index (χ2v) is 5.56. The fourth-order valence-corrected chi connectivity index (χ4v) is 3.39. The predicted octanol–water partition coefficient (Wildman–Crippen LogP) is 2.93. The molecule has 3 nitrogen and oxygen atoms in total. The van der Waals surface area contributed by atoms with Gasteiger partial charge in [0, 0.05) is 25.6 Å². The van der Waals surface area contributed by atoms with Gasteiger partial charge in [-0.3, -0.25) is 0 Å². The normalized spacial score (nSPS) is 27.5. The predicted molar refractivity (Wildman–Crippen MR) is 69.5 cm³/mol. The summed E-state index contributed by atoms with van der Waals surface area (Å²) in [5, 5.41) is 0.573. The Morgan fingerprint density at radius 1 is 1.29 bits per heavy atom. The van der Waals surface area contributed by atoms with Crippen molar-refractivity contribution in [3.63, 3.8) is 0 Å². The maximum absolute atomic E-state index is 6.05. The fourth-order valence-electron chi connectivity index (χ4n) is 3.19. The molecule has 17 heavy (non-hydrogen) atoms. The Morgan fingerprint density at radius 3 is 2.65 bits per heavy atom. The van der Waals surface area contributed by atoms with Crippen molar-refractivity contribution in [1.29, 1.82) is 0 Å². The van der Waals surface area contributed by atoms with E-state index >= 15 is 0 Å². The average Bonchev–Trinajstić information content (AvgIpc) is 2.88. The van der Waals surface area contributed by atoms with E-state index in [4.69, 9.17) is 11.6 Å². The zero-order valence-electron chi connectivity index (χ0n) is 10.2. The maximum atomic E-state index is 6.05. The van der Waals surface area contributed by atoms with Gasteiger partial charge in [-0.1, -0.05) is 24.9 Å². The number of hydrogen-bond acceptors (Lipinski definition) is 3. The summed E-state index contributed by atoms with van der Waals surface area (Å²) in [4.78, 5) is 11.2. The quantitative estimate of drug-likeness (QED) is 0.757. The van der Waals surface area contributed by atoms with E-state index in [-0.39, 0.29) is 0 Å². The Hall–Kier alpha value is -0.830. The van der Waals surface area contributed by atoms with Crippen molar-refractivity contribution in [3.8, 4) is 0 Å². The van der Waals surface area contributed by atoms with E-state index < -0.39 is 0 Å². The molecule has 0 bridgehead atoms. The molecule has 1 aromatic heterocycles. The van der Waals surface area contributed by atoms with Crippen molar-refractivity contribution in [2.24, 2.45) is 11.8 Å². The zero-order chi connectivity index (χ0) is 11.8. The number of aromatic nitrogens is 2. The fraction of sp³-hybridized carbons (Fsp3) is 0.692. The lowest BCUT2D eigenvalue weighted by molar-refractivity contribution is 0.494. The molecule has 0 aromatic carbocycles. The van der Waals surface area contributed by atoms with Gasteiger partial charge < -0.3 is 4.90 Å². The molecular weight excluding hydrogens is 234 g/mol. The maximum Gasteiger partial charge on any atom is 0.134 e. The van der Waals surface area contributed by atoms with Crippen LogP contribution in [0.25, 0.3) is 0 Å². The largest absolute Gasteiger partial charge is 0.356 e. The standard InChI is InChI=1S/C13H18ClN3/c1-2-12-15-11(14)6-13(16-12)17-7-9-4-3-5-10(9)8-17/h6,9-10H,2-5,7-8H2,1H3. The molecule has 4 heteroatoms. The van der Waals surface area contributed by atoms with Crippen molar-refractivity contribution in [2.75, 3.05) is 18.0 Å². The highest BCUT2D eigenvalue weighted by atomic mass is 35.5. The molecule has 0 N–H and O–H groups in total. The third-order valence-corrected chi connectivity index (χ3v) is 4.29. The van der Waals surface area contributed by atoms with Gasteiger partial charge in [-0.15, -0.1) is 0 Å². The summed E-state index contributed by atoms with van der Waals surface area (Å²) in [7, 11) is 0. The first-order valence-corrected chi connectivity index (χ1v) is 6.92. The SMILES string of the molecule is CCc1nc(Cl)cc(N2CC3CCCC3C2)n1. The minimum Gasteiger partial charge on any atom is -0.356 e. The number of halogens is 1. The van der Waals surface area contributed by atoms with Gasteiger partial charge in [0.25, 0.3) is 0 Å². The van der Waals surface area contributed by atoms with Gasteiger partial charge in [0.1, 0.15) is 16.8 Å². The van der Waals surface area contributed by atoms with Crippen molar-refractivity contribution < 1.29 is 0 Å². The van der Waals surface area contributed by atoms with Crippen LogP contribution in [0.4, 0.5) is 5.82 Å². The van der Waals surface area contributed by atoms with Crippen LogP contribution in [0.3, 0.4) is 0 Å². The van der Waals surface area contributed by atoms with E-state index in [9.17, 15) is 0 Å². The lowest BCUT2D eigenvalue weighted by Crippen LogP contribution is -2.22. The smallest absolute Gasteiger partial charge is 0.134 e. The van der Waals surface area contributed by atoms with Crippen LogP contribution in [0.5, 0.6) is 0 Å². The van der Waals surface area contributed by atoms with Crippen LogP contribution in [0.2, 0.25) is 5.15 Å². The van der Waals surface area contributed by atoms with Crippen molar-refractivity contribution >= 4 is 17.4 Å². The Bertz CT molecular complexity index is 409. The average molecular weight is 252 g/mol. The van der Waals surface area contributed by atoms with Crippen molar-refractivity contribution in [3.05, 3.63) is 17.0 Å². The molecule has 0 spiro atoms. The minimum atomic E-state index is 0.573. The highest BCUT2D eigenvalue weighted by Crippen LogP contribution is 2.39. The van der Waals surface area contributed by atoms with Crippen LogP contribution in [-0.2, 0) is 6.42 Å². The highest BCUT2D eigenvalue weighted by molar-refractivity contribution is 6.29. The molecule has 1 aromatic rings. The lowest BCUT2D eigenvalue weighted by Gasteiger charge is -2.18. The summed E-state index contributed by atoms with van der Waals surface area (Å²) in [6.45, 7) is 4.37. The van der Waals surface area contributed by atoms with Crippen LogP contribution in [0, 0.1) is 11.8 Å². The summed E-state index contributed by atoms with van der Waals surface area (Å²) >= 11 is 6.05. The van der Waals surface area contributed by atoms with Crippen LogP contribution >= 0.6 is 11.6 Å². The van der Waals surface area contributed by atoms with E-state index in [0.717, 1.165) is 43.0 Å². The zero-order valence-corrected chi connectivity index (χ0v) is 11.0. The molecule has 2 aliphatic rings. The van der Waals surface area contributed by atoms with Gasteiger partial charge in [0.15, 0.2) is 0 Å². The Balaban J connectivity index is 1.82. The molecule has 2 fully saturated rings. The second kappa shape index (κ2) is 4.45. The molecule has 0 amide bonds. The number of aryl methyl sites for hydroxylation is 1. The van der Waals surface area contributed by atoms with E-state index in [2.05, 4.69) is 21.8 Å².